The molecule has 0 aromatic heterocycles. The Morgan fingerprint density at radius 2 is 1.74 bits per heavy atom. The first-order chi connectivity index (χ1) is 19.0. The number of nitrogens with one attached hydrogen (secondary N) is 1. The van der Waals surface area contributed by atoms with Gasteiger partial charge in [0.05, 0.1) is 30.0 Å². The van der Waals surface area contributed by atoms with Crippen molar-refractivity contribution in [2.45, 2.75) is 26.4 Å². The number of anilines is 2. The van der Waals surface area contributed by atoms with Crippen LogP contribution in [0.4, 0.5) is 11.4 Å². The van der Waals surface area contributed by atoms with Gasteiger partial charge in [-0.15, -0.1) is 0 Å². The fourth-order valence-corrected chi connectivity index (χ4v) is 5.53. The van der Waals surface area contributed by atoms with Crippen molar-refractivity contribution in [3.05, 3.63) is 106 Å². The highest BCUT2D eigenvalue weighted by Gasteiger charge is 2.41. The molecule has 0 bridgehead atoms. The molecule has 0 atom stereocenters. The van der Waals surface area contributed by atoms with E-state index in [-0.39, 0.29) is 11.8 Å². The predicted octanol–water partition coefficient (Wildman–Crippen LogP) is 4.00. The first-order valence-electron chi connectivity index (χ1n) is 13.4. The van der Waals surface area contributed by atoms with Crippen LogP contribution in [0.15, 0.2) is 89.1 Å². The van der Waals surface area contributed by atoms with Gasteiger partial charge < -0.3 is 16.0 Å². The van der Waals surface area contributed by atoms with Crippen molar-refractivity contribution in [3.63, 3.8) is 0 Å². The molecule has 8 nitrogen and oxygen atoms in total. The molecule has 0 unspecified atom stereocenters. The summed E-state index contributed by atoms with van der Waals surface area (Å²) in [5.41, 5.74) is 13.1. The highest BCUT2D eigenvalue weighted by Crippen LogP contribution is 2.32. The van der Waals surface area contributed by atoms with Crippen LogP contribution in [0.25, 0.3) is 0 Å². The summed E-state index contributed by atoms with van der Waals surface area (Å²) in [4.78, 5) is 37.6. The number of nitrogens with zero attached hydrogens (tertiary/aromatic N) is 4. The fraction of sp³-hybridized carbons (Fsp3) is 0.258. The quantitative estimate of drug-likeness (QED) is 0.479. The van der Waals surface area contributed by atoms with Gasteiger partial charge in [-0.2, -0.15) is 0 Å². The van der Waals surface area contributed by atoms with Crippen LogP contribution in [0.3, 0.4) is 0 Å². The third-order valence-corrected chi connectivity index (χ3v) is 7.70. The maximum absolute atomic E-state index is 13.8. The molecule has 0 fully saturated rings. The topological polar surface area (TPSA) is 94.3 Å². The first kappa shape index (κ1) is 24.9. The molecule has 0 saturated carbocycles. The monoisotopic (exact) mass is 520 g/mol. The van der Waals surface area contributed by atoms with E-state index >= 15 is 0 Å². The molecule has 0 radical (unpaired) electrons. The van der Waals surface area contributed by atoms with Gasteiger partial charge in [-0.05, 0) is 47.9 Å². The Labute approximate surface area is 228 Å². The molecule has 3 aliphatic heterocycles. The summed E-state index contributed by atoms with van der Waals surface area (Å²) in [5, 5.41) is 2.87. The largest absolute Gasteiger partial charge is 0.397 e. The van der Waals surface area contributed by atoms with Gasteiger partial charge in [0.1, 0.15) is 0 Å². The number of fused-ring (bicyclic) bond motifs is 2. The van der Waals surface area contributed by atoms with E-state index in [2.05, 4.69) is 34.2 Å². The highest BCUT2D eigenvalue weighted by molar-refractivity contribution is 6.10. The molecule has 6 rings (SSSR count). The number of amides is 2. The molecule has 3 heterocycles. The summed E-state index contributed by atoms with van der Waals surface area (Å²) in [5.74, 6) is 0.653. The number of hydrogen-bond acceptors (Lipinski definition) is 6. The zero-order chi connectivity index (χ0) is 26.9. The van der Waals surface area contributed by atoms with Crippen molar-refractivity contribution >= 4 is 29.1 Å². The number of carbonyl (C=O) groups excluding carboxylic acids is 2. The average Bonchev–Trinajstić information content (AvgIpc) is 3.44. The number of guanidine groups is 1. The van der Waals surface area contributed by atoms with Crippen molar-refractivity contribution in [3.8, 4) is 0 Å². The second-order valence-corrected chi connectivity index (χ2v) is 10.3. The van der Waals surface area contributed by atoms with Gasteiger partial charge in [-0.1, -0.05) is 48.5 Å². The molecule has 3 aromatic carbocycles. The molecule has 8 heteroatoms. The molecule has 3 aromatic rings. The van der Waals surface area contributed by atoms with E-state index in [1.165, 1.54) is 5.56 Å². The van der Waals surface area contributed by atoms with Gasteiger partial charge in [0.2, 0.25) is 5.96 Å². The number of aliphatic imine (C=N–C) groups is 1. The van der Waals surface area contributed by atoms with Crippen LogP contribution >= 0.6 is 0 Å². The minimum absolute atomic E-state index is 0.0575. The van der Waals surface area contributed by atoms with Gasteiger partial charge in [0.25, 0.3) is 11.8 Å². The second-order valence-electron chi connectivity index (χ2n) is 10.3. The summed E-state index contributed by atoms with van der Waals surface area (Å²) >= 11 is 0. The van der Waals surface area contributed by atoms with Crippen LogP contribution in [0.1, 0.15) is 33.5 Å². The third-order valence-electron chi connectivity index (χ3n) is 7.70. The Morgan fingerprint density at radius 1 is 0.974 bits per heavy atom. The lowest BCUT2D eigenvalue weighted by atomic mass is 9.99. The van der Waals surface area contributed by atoms with Crippen LogP contribution in [0.5, 0.6) is 0 Å². The van der Waals surface area contributed by atoms with E-state index in [0.29, 0.717) is 43.1 Å². The molecule has 3 N–H and O–H groups in total. The lowest BCUT2D eigenvalue weighted by Crippen LogP contribution is -2.53. The van der Waals surface area contributed by atoms with E-state index in [1.807, 2.05) is 53.4 Å². The van der Waals surface area contributed by atoms with E-state index < -0.39 is 0 Å². The van der Waals surface area contributed by atoms with Gasteiger partial charge in [0.15, 0.2) is 0 Å². The van der Waals surface area contributed by atoms with E-state index in [1.54, 1.807) is 12.1 Å². The first-order valence-corrected chi connectivity index (χ1v) is 13.4. The Bertz CT molecular complexity index is 1490. The van der Waals surface area contributed by atoms with Gasteiger partial charge in [0, 0.05) is 43.9 Å². The highest BCUT2D eigenvalue weighted by atomic mass is 16.2. The van der Waals surface area contributed by atoms with Gasteiger partial charge in [-0.25, -0.2) is 0 Å². The minimum Gasteiger partial charge on any atom is -0.397 e. The van der Waals surface area contributed by atoms with E-state index in [9.17, 15) is 9.59 Å². The smallest absolute Gasteiger partial charge is 0.259 e. The zero-order valence-corrected chi connectivity index (χ0v) is 22.1. The van der Waals surface area contributed by atoms with Crippen LogP contribution in [0, 0.1) is 6.92 Å². The van der Waals surface area contributed by atoms with Crippen LogP contribution in [-0.2, 0) is 17.9 Å². The van der Waals surface area contributed by atoms with E-state index in [4.69, 9.17) is 10.7 Å². The molecule has 0 aliphatic carbocycles. The summed E-state index contributed by atoms with van der Waals surface area (Å²) < 4.78 is 0. The number of carbonyl (C=O) groups is 2. The number of aryl methyl sites for hydroxylation is 1. The van der Waals surface area contributed by atoms with Gasteiger partial charge in [-0.3, -0.25) is 24.4 Å². The van der Waals surface area contributed by atoms with E-state index in [0.717, 1.165) is 47.9 Å². The molecule has 2 amide bonds. The standard InChI is InChI=1S/C31H32N6O2/c1-21-6-2-3-7-24(21)19-37-30(39)25-20-35(16-14-28(25)36-17-15-33-31(36)37)18-22-10-12-23(13-11-22)29(38)34-27-9-5-4-8-26(27)32/h2-13H,14-20,32H2,1H3,(H,34,38). The summed E-state index contributed by atoms with van der Waals surface area (Å²) in [6.07, 6.45) is 0.817. The summed E-state index contributed by atoms with van der Waals surface area (Å²) in [6.45, 7) is 6.30. The normalized spacial score (nSPS) is 17.2. The van der Waals surface area contributed by atoms with Crippen LogP contribution in [0.2, 0.25) is 0 Å². The van der Waals surface area contributed by atoms with Crippen molar-refractivity contribution in [1.29, 1.82) is 0 Å². The molecule has 198 valence electrons. The lowest BCUT2D eigenvalue weighted by Gasteiger charge is -2.42. The number of hydrogen-bond donors (Lipinski definition) is 2. The van der Waals surface area contributed by atoms with Crippen LogP contribution < -0.4 is 11.1 Å². The van der Waals surface area contributed by atoms with Crippen LogP contribution in [-0.4, -0.2) is 58.7 Å². The number of para-hydroxylation sites is 2. The second kappa shape index (κ2) is 10.4. The molecular weight excluding hydrogens is 488 g/mol. The van der Waals surface area contributed by atoms with Gasteiger partial charge >= 0.3 is 0 Å². The summed E-state index contributed by atoms with van der Waals surface area (Å²) in [7, 11) is 0. The van der Waals surface area contributed by atoms with Crippen molar-refractivity contribution in [1.82, 2.24) is 14.7 Å². The molecular formula is C31H32N6O2. The fourth-order valence-electron chi connectivity index (χ4n) is 5.53. The zero-order valence-electron chi connectivity index (χ0n) is 22.1. The number of nitrogens with two attached hydrogens (primary N) is 1. The Hall–Kier alpha value is -4.43. The lowest BCUT2D eigenvalue weighted by molar-refractivity contribution is -0.125. The maximum atomic E-state index is 13.8. The molecule has 0 spiro atoms. The molecule has 0 saturated heterocycles. The molecule has 3 aliphatic rings. The number of benzene rings is 3. The average molecular weight is 521 g/mol. The third kappa shape index (κ3) is 4.91. The number of nitrogen functional groups attached to an aromatic ring is 1. The Balaban J connectivity index is 1.15. The van der Waals surface area contributed by atoms with Crippen molar-refractivity contribution < 1.29 is 9.59 Å². The molecule has 39 heavy (non-hydrogen) atoms. The predicted molar refractivity (Wildman–Crippen MR) is 153 cm³/mol. The Morgan fingerprint density at radius 3 is 2.54 bits per heavy atom. The maximum Gasteiger partial charge on any atom is 0.259 e. The minimum atomic E-state index is -0.197. The SMILES string of the molecule is Cc1ccccc1CN1C(=O)C2=C(CCN(Cc3ccc(C(=O)Nc4ccccc4N)cc3)C2)N2CCN=C12. The van der Waals surface area contributed by atoms with Crippen molar-refractivity contribution in [2.24, 2.45) is 4.99 Å². The Kier molecular flexibility index (Phi) is 6.62. The number of rotatable bonds is 6. The summed E-state index contributed by atoms with van der Waals surface area (Å²) in [6, 6.07) is 23.0. The van der Waals surface area contributed by atoms with Crippen molar-refractivity contribution in [2.75, 3.05) is 37.2 Å².